The van der Waals surface area contributed by atoms with E-state index >= 15 is 4.39 Å². The zero-order valence-electron chi connectivity index (χ0n) is 23.3. The van der Waals surface area contributed by atoms with Gasteiger partial charge in [-0.1, -0.05) is 18.2 Å². The zero-order chi connectivity index (χ0) is 28.8. The van der Waals surface area contributed by atoms with Crippen LogP contribution in [0.4, 0.5) is 10.2 Å². The number of benzene rings is 1. The van der Waals surface area contributed by atoms with Gasteiger partial charge in [-0.15, -0.1) is 0 Å². The van der Waals surface area contributed by atoms with Crippen LogP contribution in [0, 0.1) is 11.3 Å². The lowest BCUT2D eigenvalue weighted by atomic mass is 10.2. The summed E-state index contributed by atoms with van der Waals surface area (Å²) < 4.78 is 37.5. The second-order valence-corrected chi connectivity index (χ2v) is 11.2. The summed E-state index contributed by atoms with van der Waals surface area (Å²) in [5.74, 6) is 0.108. The highest BCUT2D eigenvalue weighted by atomic mass is 31.2. The number of nitrogens with zero attached hydrogens (tertiary/aromatic N) is 7. The van der Waals surface area contributed by atoms with E-state index in [-0.39, 0.29) is 37.6 Å². The fourth-order valence-electron chi connectivity index (χ4n) is 4.64. The molecule has 1 aliphatic rings. The maximum atomic E-state index is 15.9. The molecule has 0 aliphatic carbocycles. The molecule has 13 heteroatoms. The number of ether oxygens (including phenoxy) is 1. The van der Waals surface area contributed by atoms with Crippen molar-refractivity contribution >= 4 is 31.4 Å². The third kappa shape index (κ3) is 6.29. The lowest BCUT2D eigenvalue weighted by Crippen LogP contribution is -2.36. The van der Waals surface area contributed by atoms with Gasteiger partial charge in [0.1, 0.15) is 12.4 Å². The quantitative estimate of drug-likeness (QED) is 0.218. The Hall–Kier alpha value is -3.07. The topological polar surface area (TPSA) is 119 Å². The average Bonchev–Trinajstić information content (AvgIpc) is 3.52. The van der Waals surface area contributed by atoms with Gasteiger partial charge in [-0.2, -0.15) is 5.26 Å². The lowest BCUT2D eigenvalue weighted by Gasteiger charge is -2.36. The van der Waals surface area contributed by atoms with Crippen molar-refractivity contribution in [3.8, 4) is 6.07 Å². The van der Waals surface area contributed by atoms with Gasteiger partial charge in [-0.25, -0.2) is 24.0 Å². The molecular formula is C27H35FN7O4P. The van der Waals surface area contributed by atoms with Gasteiger partial charge in [-0.05, 0) is 46.8 Å². The maximum absolute atomic E-state index is 15.9. The number of anilines is 1. The predicted molar refractivity (Wildman–Crippen MR) is 149 cm³/mol. The Balaban J connectivity index is 1.57. The van der Waals surface area contributed by atoms with Crippen LogP contribution in [0.3, 0.4) is 0 Å². The van der Waals surface area contributed by atoms with Crippen molar-refractivity contribution in [3.05, 3.63) is 48.5 Å². The highest BCUT2D eigenvalue weighted by Crippen LogP contribution is 2.49. The number of alkyl halides is 1. The van der Waals surface area contributed by atoms with Crippen LogP contribution in [0.5, 0.6) is 0 Å². The number of hydrogen-bond donors (Lipinski definition) is 0. The largest absolute Gasteiger partial charge is 0.352 e. The summed E-state index contributed by atoms with van der Waals surface area (Å²) in [6.45, 7) is 10.5. The summed E-state index contributed by atoms with van der Waals surface area (Å²) in [6.07, 6.45) is -0.499. The van der Waals surface area contributed by atoms with Crippen molar-refractivity contribution in [2.75, 3.05) is 24.7 Å². The number of halogens is 1. The first-order chi connectivity index (χ1) is 19.3. The molecule has 1 fully saturated rings. The number of carbonyl (C=O) groups excluding carboxylic acids is 1. The maximum Gasteiger partial charge on any atom is 0.259 e. The first-order valence-corrected chi connectivity index (χ1v) is 14.5. The monoisotopic (exact) mass is 571 g/mol. The van der Waals surface area contributed by atoms with Crippen LogP contribution in [-0.4, -0.2) is 74.2 Å². The van der Waals surface area contributed by atoms with E-state index in [2.05, 4.69) is 21.0 Å². The smallest absolute Gasteiger partial charge is 0.259 e. The molecule has 3 aromatic rings. The van der Waals surface area contributed by atoms with E-state index in [0.29, 0.717) is 29.1 Å². The van der Waals surface area contributed by atoms with Crippen LogP contribution < -0.4 is 4.90 Å². The minimum absolute atomic E-state index is 0.00149. The second kappa shape index (κ2) is 13.5. The Morgan fingerprint density at radius 1 is 1.23 bits per heavy atom. The third-order valence-corrected chi connectivity index (χ3v) is 8.55. The number of rotatable bonds is 12. The first-order valence-electron chi connectivity index (χ1n) is 13.3. The molecule has 1 saturated heterocycles. The molecule has 3 heterocycles. The van der Waals surface area contributed by atoms with Gasteiger partial charge in [0.15, 0.2) is 29.4 Å². The number of carbonyl (C=O) groups is 1. The molecule has 11 nitrogen and oxygen atoms in total. The molecule has 214 valence electrons. The lowest BCUT2D eigenvalue weighted by molar-refractivity contribution is 0.0237. The first kappa shape index (κ1) is 29.9. The molecule has 4 atom stereocenters. The minimum Gasteiger partial charge on any atom is -0.352 e. The van der Waals surface area contributed by atoms with Gasteiger partial charge in [0.25, 0.3) is 14.4 Å². The van der Waals surface area contributed by atoms with Crippen LogP contribution in [-0.2, 0) is 13.8 Å². The van der Waals surface area contributed by atoms with Crippen molar-refractivity contribution in [2.24, 2.45) is 0 Å². The fourth-order valence-corrected chi connectivity index (χ4v) is 6.36. The summed E-state index contributed by atoms with van der Waals surface area (Å²) in [6, 6.07) is 11.1. The van der Waals surface area contributed by atoms with Crippen molar-refractivity contribution in [3.63, 3.8) is 0 Å². The van der Waals surface area contributed by atoms with E-state index in [1.807, 2.05) is 45.4 Å². The Kier molecular flexibility index (Phi) is 10.1. The van der Waals surface area contributed by atoms with Crippen molar-refractivity contribution in [1.82, 2.24) is 24.2 Å². The number of imidazole rings is 1. The molecule has 1 aliphatic heterocycles. The molecular weight excluding hydrogens is 536 g/mol. The van der Waals surface area contributed by atoms with Crippen LogP contribution in [0.2, 0.25) is 0 Å². The number of nitriles is 1. The van der Waals surface area contributed by atoms with Crippen molar-refractivity contribution < 1.29 is 23.0 Å². The fraction of sp³-hybridized carbons (Fsp3) is 0.519. The summed E-state index contributed by atoms with van der Waals surface area (Å²) in [5, 5.41) is 8.95. The zero-order valence-corrected chi connectivity index (χ0v) is 24.2. The Bertz CT molecular complexity index is 1310. The normalized spacial score (nSPS) is 19.9. The van der Waals surface area contributed by atoms with Crippen LogP contribution in [0.15, 0.2) is 43.0 Å². The molecule has 0 radical (unpaired) electrons. The van der Waals surface area contributed by atoms with Crippen molar-refractivity contribution in [2.45, 2.75) is 71.6 Å². The Morgan fingerprint density at radius 2 is 1.95 bits per heavy atom. The molecule has 0 spiro atoms. The third-order valence-electron chi connectivity index (χ3n) is 6.40. The second-order valence-electron chi connectivity index (χ2n) is 9.80. The highest BCUT2D eigenvalue weighted by molar-refractivity contribution is 7.44. The van der Waals surface area contributed by atoms with Crippen molar-refractivity contribution in [1.29, 1.82) is 5.26 Å². The summed E-state index contributed by atoms with van der Waals surface area (Å²) >= 11 is 0. The van der Waals surface area contributed by atoms with E-state index < -0.39 is 27.0 Å². The summed E-state index contributed by atoms with van der Waals surface area (Å²) in [5.41, 5.74) is 1.22. The van der Waals surface area contributed by atoms with Gasteiger partial charge < -0.3 is 13.8 Å². The van der Waals surface area contributed by atoms with E-state index in [0.717, 1.165) is 0 Å². The van der Waals surface area contributed by atoms with Gasteiger partial charge >= 0.3 is 0 Å². The molecule has 0 saturated carbocycles. The van der Waals surface area contributed by atoms with Crippen LogP contribution in [0.1, 0.15) is 57.6 Å². The molecule has 0 N–H and O–H groups in total. The van der Waals surface area contributed by atoms with Gasteiger partial charge in [-0.3, -0.25) is 14.3 Å². The average molecular weight is 572 g/mol. The highest BCUT2D eigenvalue weighted by Gasteiger charge is 2.44. The van der Waals surface area contributed by atoms with Gasteiger partial charge in [0.2, 0.25) is 0 Å². The van der Waals surface area contributed by atoms with Crippen LogP contribution in [0.25, 0.3) is 11.2 Å². The SMILES string of the molecule is CCN(C(=O)c1ccccc1)c1ncnc2c1ncn2C1OCC(OP(OCCC#N)N(C(C)C)C(C)C)C1F. The number of amides is 1. The van der Waals surface area contributed by atoms with Gasteiger partial charge in [0.05, 0.1) is 32.0 Å². The van der Waals surface area contributed by atoms with E-state index in [1.54, 1.807) is 24.3 Å². The number of hydrogen-bond acceptors (Lipinski definition) is 9. The Morgan fingerprint density at radius 3 is 2.60 bits per heavy atom. The Labute approximate surface area is 234 Å². The standard InChI is InChI=1S/C27H35FN7O4P/c1-6-33(26(36)20-11-8-7-9-12-20)24-23-25(31-16-30-24)34(17-32-23)27-22(28)21(15-37-27)39-40(38-14-10-13-29)35(18(2)3)19(4)5/h7-9,11-12,16-19,21-22,27H,6,10,14-15H2,1-5H3. The van der Waals surface area contributed by atoms with E-state index in [4.69, 9.17) is 19.0 Å². The number of fused-ring (bicyclic) bond motifs is 1. The molecule has 4 unspecified atom stereocenters. The molecule has 4 rings (SSSR count). The van der Waals surface area contributed by atoms with Gasteiger partial charge in [0, 0.05) is 24.2 Å². The van der Waals surface area contributed by atoms with E-state index in [9.17, 15) is 4.79 Å². The molecule has 0 bridgehead atoms. The predicted octanol–water partition coefficient (Wildman–Crippen LogP) is 5.02. The van der Waals surface area contributed by atoms with Crippen LogP contribution >= 0.6 is 8.53 Å². The molecule has 40 heavy (non-hydrogen) atoms. The summed E-state index contributed by atoms with van der Waals surface area (Å²) in [7, 11) is -1.64. The number of aromatic nitrogens is 4. The molecule has 1 amide bonds. The molecule has 1 aromatic carbocycles. The van der Waals surface area contributed by atoms with E-state index in [1.165, 1.54) is 22.1 Å². The summed E-state index contributed by atoms with van der Waals surface area (Å²) in [4.78, 5) is 27.9. The minimum atomic E-state index is -1.64. The molecule has 2 aromatic heterocycles.